The Hall–Kier alpha value is -0.440. The Morgan fingerprint density at radius 2 is 2.31 bits per heavy atom. The molecule has 0 aromatic rings. The maximum absolute atomic E-state index is 11.3. The van der Waals surface area contributed by atoms with Gasteiger partial charge >= 0.3 is 5.97 Å². The molecule has 0 bridgehead atoms. The van der Waals surface area contributed by atoms with Gasteiger partial charge in [0.05, 0.1) is 0 Å². The SMILES string of the molecule is C=C1CC(C)CC(CCC(=O)OCCS)C1. The predicted octanol–water partition coefficient (Wildman–Crippen LogP) is 3.23. The molecule has 1 fully saturated rings. The Bertz CT molecular complexity index is 250. The van der Waals surface area contributed by atoms with E-state index in [1.54, 1.807) is 0 Å². The summed E-state index contributed by atoms with van der Waals surface area (Å²) in [6.45, 7) is 6.75. The molecule has 0 aliphatic heterocycles. The van der Waals surface area contributed by atoms with Crippen LogP contribution in [0.2, 0.25) is 0 Å². The van der Waals surface area contributed by atoms with Crippen LogP contribution in [0.5, 0.6) is 0 Å². The summed E-state index contributed by atoms with van der Waals surface area (Å²) in [6, 6.07) is 0. The largest absolute Gasteiger partial charge is 0.465 e. The number of carbonyl (C=O) groups is 1. The lowest BCUT2D eigenvalue weighted by Crippen LogP contribution is -2.17. The van der Waals surface area contributed by atoms with E-state index >= 15 is 0 Å². The molecule has 0 heterocycles. The highest BCUT2D eigenvalue weighted by Crippen LogP contribution is 2.34. The molecule has 0 amide bonds. The van der Waals surface area contributed by atoms with Crippen LogP contribution < -0.4 is 0 Å². The van der Waals surface area contributed by atoms with Crippen molar-refractivity contribution in [2.75, 3.05) is 12.4 Å². The number of esters is 1. The number of rotatable bonds is 5. The summed E-state index contributed by atoms with van der Waals surface area (Å²) >= 11 is 4.00. The van der Waals surface area contributed by atoms with Crippen LogP contribution in [0.1, 0.15) is 39.0 Å². The van der Waals surface area contributed by atoms with Crippen LogP contribution >= 0.6 is 12.6 Å². The Balaban J connectivity index is 2.21. The highest BCUT2D eigenvalue weighted by atomic mass is 32.1. The van der Waals surface area contributed by atoms with Crippen molar-refractivity contribution in [1.29, 1.82) is 0 Å². The lowest BCUT2D eigenvalue weighted by atomic mass is 9.78. The monoisotopic (exact) mass is 242 g/mol. The van der Waals surface area contributed by atoms with Crippen molar-refractivity contribution in [3.63, 3.8) is 0 Å². The van der Waals surface area contributed by atoms with Gasteiger partial charge in [-0.15, -0.1) is 0 Å². The Labute approximate surface area is 104 Å². The van der Waals surface area contributed by atoms with Crippen molar-refractivity contribution in [2.45, 2.75) is 39.0 Å². The molecule has 0 aromatic heterocycles. The number of thiol groups is 1. The number of hydrogen-bond donors (Lipinski definition) is 1. The van der Waals surface area contributed by atoms with Gasteiger partial charge in [0.25, 0.3) is 0 Å². The third kappa shape index (κ3) is 5.06. The van der Waals surface area contributed by atoms with Gasteiger partial charge in [-0.05, 0) is 37.5 Å². The summed E-state index contributed by atoms with van der Waals surface area (Å²) in [5.41, 5.74) is 1.34. The van der Waals surface area contributed by atoms with Gasteiger partial charge in [-0.1, -0.05) is 19.1 Å². The average Bonchev–Trinajstić information content (AvgIpc) is 2.22. The van der Waals surface area contributed by atoms with E-state index in [4.69, 9.17) is 4.74 Å². The summed E-state index contributed by atoms with van der Waals surface area (Å²) < 4.78 is 5.00. The van der Waals surface area contributed by atoms with Crippen LogP contribution in [-0.4, -0.2) is 18.3 Å². The van der Waals surface area contributed by atoms with Crippen LogP contribution in [0.25, 0.3) is 0 Å². The lowest BCUT2D eigenvalue weighted by molar-refractivity contribution is -0.143. The normalized spacial score (nSPS) is 25.5. The van der Waals surface area contributed by atoms with E-state index < -0.39 is 0 Å². The molecule has 0 radical (unpaired) electrons. The molecular formula is C13H22O2S. The molecule has 3 heteroatoms. The second-order valence-electron chi connectivity index (χ2n) is 4.85. The van der Waals surface area contributed by atoms with Crippen molar-refractivity contribution in [3.05, 3.63) is 12.2 Å². The first-order valence-electron chi connectivity index (χ1n) is 6.05. The topological polar surface area (TPSA) is 26.3 Å². The fraction of sp³-hybridized carbons (Fsp3) is 0.769. The molecule has 0 aromatic carbocycles. The van der Waals surface area contributed by atoms with Crippen LogP contribution in [0.4, 0.5) is 0 Å². The van der Waals surface area contributed by atoms with Crippen molar-refractivity contribution in [3.8, 4) is 0 Å². The smallest absolute Gasteiger partial charge is 0.305 e. The number of ether oxygens (including phenoxy) is 1. The number of hydrogen-bond acceptors (Lipinski definition) is 3. The molecule has 1 rings (SSSR count). The second kappa shape index (κ2) is 7.00. The number of carbonyl (C=O) groups excluding carboxylic acids is 1. The average molecular weight is 242 g/mol. The minimum atomic E-state index is -0.0853. The van der Waals surface area contributed by atoms with Crippen LogP contribution in [-0.2, 0) is 9.53 Å². The van der Waals surface area contributed by atoms with E-state index in [0.29, 0.717) is 24.7 Å². The Morgan fingerprint density at radius 1 is 1.56 bits per heavy atom. The molecule has 92 valence electrons. The van der Waals surface area contributed by atoms with Gasteiger partial charge in [0.15, 0.2) is 0 Å². The summed E-state index contributed by atoms with van der Waals surface area (Å²) in [5.74, 6) is 1.86. The maximum Gasteiger partial charge on any atom is 0.305 e. The first kappa shape index (κ1) is 13.6. The predicted molar refractivity (Wildman–Crippen MR) is 69.7 cm³/mol. The molecule has 1 saturated carbocycles. The van der Waals surface area contributed by atoms with Crippen molar-refractivity contribution in [2.24, 2.45) is 11.8 Å². The Morgan fingerprint density at radius 3 is 2.94 bits per heavy atom. The maximum atomic E-state index is 11.3. The van der Waals surface area contributed by atoms with Gasteiger partial charge in [0, 0.05) is 12.2 Å². The minimum Gasteiger partial charge on any atom is -0.465 e. The zero-order valence-electron chi connectivity index (χ0n) is 10.1. The van der Waals surface area contributed by atoms with E-state index in [0.717, 1.165) is 25.2 Å². The van der Waals surface area contributed by atoms with Crippen molar-refractivity contribution in [1.82, 2.24) is 0 Å². The lowest BCUT2D eigenvalue weighted by Gasteiger charge is -2.28. The van der Waals surface area contributed by atoms with E-state index in [9.17, 15) is 4.79 Å². The molecule has 0 spiro atoms. The molecule has 1 aliphatic carbocycles. The summed E-state index contributed by atoms with van der Waals surface area (Å²) in [6.07, 6.45) is 4.94. The van der Waals surface area contributed by atoms with E-state index in [1.807, 2.05) is 0 Å². The molecule has 2 unspecified atom stereocenters. The van der Waals surface area contributed by atoms with Crippen LogP contribution in [0.3, 0.4) is 0 Å². The van der Waals surface area contributed by atoms with Gasteiger partial charge in [-0.25, -0.2) is 0 Å². The van der Waals surface area contributed by atoms with Gasteiger partial charge in [-0.3, -0.25) is 4.79 Å². The standard InChI is InChI=1S/C13H22O2S/c1-10-7-11(2)9-12(8-10)3-4-13(14)15-5-6-16/h11-12,16H,1,3-9H2,2H3. The molecule has 1 aliphatic rings. The van der Waals surface area contributed by atoms with Gasteiger partial charge < -0.3 is 4.74 Å². The third-order valence-electron chi connectivity index (χ3n) is 3.06. The fourth-order valence-corrected chi connectivity index (χ4v) is 2.58. The minimum absolute atomic E-state index is 0.0853. The van der Waals surface area contributed by atoms with E-state index in [2.05, 4.69) is 26.1 Å². The molecule has 2 atom stereocenters. The fourth-order valence-electron chi connectivity index (χ4n) is 2.49. The third-order valence-corrected chi connectivity index (χ3v) is 3.24. The molecule has 0 saturated heterocycles. The first-order valence-corrected chi connectivity index (χ1v) is 6.68. The molecule has 2 nitrogen and oxygen atoms in total. The highest BCUT2D eigenvalue weighted by molar-refractivity contribution is 7.80. The van der Waals surface area contributed by atoms with Crippen LogP contribution in [0.15, 0.2) is 12.2 Å². The molecular weight excluding hydrogens is 220 g/mol. The zero-order valence-corrected chi connectivity index (χ0v) is 11.0. The number of allylic oxidation sites excluding steroid dienone is 1. The first-order chi connectivity index (χ1) is 7.61. The summed E-state index contributed by atoms with van der Waals surface area (Å²) in [4.78, 5) is 11.3. The van der Waals surface area contributed by atoms with Crippen molar-refractivity contribution >= 4 is 18.6 Å². The zero-order chi connectivity index (χ0) is 12.0. The van der Waals surface area contributed by atoms with E-state index in [-0.39, 0.29) is 5.97 Å². The van der Waals surface area contributed by atoms with Gasteiger partial charge in [-0.2, -0.15) is 12.6 Å². The van der Waals surface area contributed by atoms with Gasteiger partial charge in [0.2, 0.25) is 0 Å². The van der Waals surface area contributed by atoms with Crippen LogP contribution in [0, 0.1) is 11.8 Å². The van der Waals surface area contributed by atoms with E-state index in [1.165, 1.54) is 12.0 Å². The molecule has 0 N–H and O–H groups in total. The van der Waals surface area contributed by atoms with Crippen molar-refractivity contribution < 1.29 is 9.53 Å². The second-order valence-corrected chi connectivity index (χ2v) is 5.30. The Kier molecular flexibility index (Phi) is 5.96. The quantitative estimate of drug-likeness (QED) is 0.455. The van der Waals surface area contributed by atoms with Gasteiger partial charge in [0.1, 0.15) is 6.61 Å². The highest BCUT2D eigenvalue weighted by Gasteiger charge is 2.21. The molecule has 16 heavy (non-hydrogen) atoms. The summed E-state index contributed by atoms with van der Waals surface area (Å²) in [7, 11) is 0. The summed E-state index contributed by atoms with van der Waals surface area (Å²) in [5, 5.41) is 0.